The van der Waals surface area contributed by atoms with E-state index in [2.05, 4.69) is 18.7 Å². The Morgan fingerprint density at radius 2 is 1.93 bits per heavy atom. The highest BCUT2D eigenvalue weighted by atomic mass is 16.5. The van der Waals surface area contributed by atoms with Crippen LogP contribution >= 0.6 is 0 Å². The second-order valence-corrected chi connectivity index (χ2v) is 4.79. The normalized spacial score (nSPS) is 21.8. The van der Waals surface area contributed by atoms with Crippen molar-refractivity contribution < 1.29 is 4.74 Å². The lowest BCUT2D eigenvalue weighted by atomic mass is 9.95. The molecule has 0 N–H and O–H groups in total. The number of likely N-dealkylation sites (tertiary alicyclic amines) is 1. The highest BCUT2D eigenvalue weighted by Crippen LogP contribution is 2.21. The summed E-state index contributed by atoms with van der Waals surface area (Å²) in [5.41, 5.74) is 0. The molecule has 1 aliphatic rings. The number of hydrogen-bond donors (Lipinski definition) is 0. The van der Waals surface area contributed by atoms with E-state index in [9.17, 15) is 0 Å². The van der Waals surface area contributed by atoms with Gasteiger partial charge in [0.1, 0.15) is 0 Å². The van der Waals surface area contributed by atoms with Gasteiger partial charge in [-0.05, 0) is 44.7 Å². The molecule has 1 saturated heterocycles. The van der Waals surface area contributed by atoms with Crippen molar-refractivity contribution in [1.82, 2.24) is 4.90 Å². The molecule has 1 unspecified atom stereocenters. The minimum absolute atomic E-state index is 0.811. The Hall–Kier alpha value is -0.0800. The quantitative estimate of drug-likeness (QED) is 0.672. The summed E-state index contributed by atoms with van der Waals surface area (Å²) in [6.07, 6.45) is 6.65. The molecule has 0 radical (unpaired) electrons. The third-order valence-electron chi connectivity index (χ3n) is 3.66. The van der Waals surface area contributed by atoms with Crippen LogP contribution in [0.5, 0.6) is 0 Å². The molecule has 0 spiro atoms. The van der Waals surface area contributed by atoms with Gasteiger partial charge in [-0.2, -0.15) is 0 Å². The second kappa shape index (κ2) is 7.24. The van der Waals surface area contributed by atoms with Crippen LogP contribution in [0.4, 0.5) is 0 Å². The lowest BCUT2D eigenvalue weighted by molar-refractivity contribution is 0.0757. The van der Waals surface area contributed by atoms with Crippen molar-refractivity contribution in [3.05, 3.63) is 0 Å². The third-order valence-corrected chi connectivity index (χ3v) is 3.66. The smallest absolute Gasteiger partial charge is 0.0491 e. The van der Waals surface area contributed by atoms with Crippen LogP contribution in [0.3, 0.4) is 0 Å². The van der Waals surface area contributed by atoms with Crippen molar-refractivity contribution in [2.24, 2.45) is 5.92 Å². The average molecular weight is 213 g/mol. The minimum Gasteiger partial charge on any atom is -0.384 e. The number of rotatable bonds is 6. The summed E-state index contributed by atoms with van der Waals surface area (Å²) in [4.78, 5) is 2.69. The molecule has 0 aromatic heterocycles. The van der Waals surface area contributed by atoms with Gasteiger partial charge in [-0.25, -0.2) is 0 Å². The fourth-order valence-electron chi connectivity index (χ4n) is 2.70. The van der Waals surface area contributed by atoms with Crippen LogP contribution in [-0.4, -0.2) is 37.7 Å². The molecule has 1 fully saturated rings. The van der Waals surface area contributed by atoms with E-state index >= 15 is 0 Å². The van der Waals surface area contributed by atoms with Gasteiger partial charge in [-0.3, -0.25) is 0 Å². The monoisotopic (exact) mass is 213 g/mol. The van der Waals surface area contributed by atoms with Crippen LogP contribution in [0.15, 0.2) is 0 Å². The minimum atomic E-state index is 0.811. The first kappa shape index (κ1) is 13.0. The van der Waals surface area contributed by atoms with Crippen molar-refractivity contribution >= 4 is 0 Å². The number of methoxy groups -OCH3 is 1. The zero-order valence-corrected chi connectivity index (χ0v) is 10.7. The zero-order chi connectivity index (χ0) is 11.1. The Labute approximate surface area is 95.0 Å². The van der Waals surface area contributed by atoms with Crippen molar-refractivity contribution in [2.45, 2.75) is 52.0 Å². The van der Waals surface area contributed by atoms with E-state index in [0.29, 0.717) is 0 Å². The summed E-state index contributed by atoms with van der Waals surface area (Å²) < 4.78 is 5.23. The molecule has 2 heteroatoms. The lowest BCUT2D eigenvalue weighted by Crippen LogP contribution is -2.41. The maximum Gasteiger partial charge on any atom is 0.0491 e. The van der Waals surface area contributed by atoms with E-state index in [-0.39, 0.29) is 0 Å². The number of hydrogen-bond acceptors (Lipinski definition) is 2. The van der Waals surface area contributed by atoms with Crippen molar-refractivity contribution in [2.75, 3.05) is 26.8 Å². The molecule has 90 valence electrons. The van der Waals surface area contributed by atoms with Crippen LogP contribution in [0, 0.1) is 5.92 Å². The van der Waals surface area contributed by atoms with E-state index < -0.39 is 0 Å². The molecular formula is C13H27NO. The molecule has 1 rings (SSSR count). The van der Waals surface area contributed by atoms with Gasteiger partial charge in [0.05, 0.1) is 0 Å². The van der Waals surface area contributed by atoms with Crippen LogP contribution in [0.2, 0.25) is 0 Å². The maximum absolute atomic E-state index is 5.23. The van der Waals surface area contributed by atoms with Crippen LogP contribution in [0.25, 0.3) is 0 Å². The summed E-state index contributed by atoms with van der Waals surface area (Å²) >= 11 is 0. The van der Waals surface area contributed by atoms with Crippen LogP contribution in [-0.2, 0) is 4.74 Å². The number of piperidine rings is 1. The fourth-order valence-corrected chi connectivity index (χ4v) is 2.70. The maximum atomic E-state index is 5.23. The molecule has 0 aromatic rings. The van der Waals surface area contributed by atoms with Crippen molar-refractivity contribution in [1.29, 1.82) is 0 Å². The highest BCUT2D eigenvalue weighted by Gasteiger charge is 2.23. The third kappa shape index (κ3) is 4.12. The standard InChI is InChI=1S/C13H27NO/c1-4-6-13(5-2)14-9-7-12(8-10-14)11-15-3/h12-13H,4-11H2,1-3H3. The van der Waals surface area contributed by atoms with E-state index in [1.54, 1.807) is 0 Å². The van der Waals surface area contributed by atoms with Crippen LogP contribution < -0.4 is 0 Å². The molecule has 0 saturated carbocycles. The van der Waals surface area contributed by atoms with Crippen LogP contribution in [0.1, 0.15) is 46.0 Å². The Balaban J connectivity index is 2.28. The summed E-state index contributed by atoms with van der Waals surface area (Å²) in [5, 5.41) is 0. The first-order valence-electron chi connectivity index (χ1n) is 6.54. The predicted octanol–water partition coefficient (Wildman–Crippen LogP) is 2.92. The van der Waals surface area contributed by atoms with Gasteiger partial charge in [0.25, 0.3) is 0 Å². The molecule has 0 bridgehead atoms. The largest absolute Gasteiger partial charge is 0.384 e. The lowest BCUT2D eigenvalue weighted by Gasteiger charge is -2.37. The van der Waals surface area contributed by atoms with Gasteiger partial charge >= 0.3 is 0 Å². The van der Waals surface area contributed by atoms with E-state index in [1.807, 2.05) is 7.11 Å². The summed E-state index contributed by atoms with van der Waals surface area (Å²) in [6, 6.07) is 0.832. The summed E-state index contributed by atoms with van der Waals surface area (Å²) in [6.45, 7) is 8.14. The van der Waals surface area contributed by atoms with E-state index in [1.165, 1.54) is 45.2 Å². The first-order chi connectivity index (χ1) is 7.31. The number of ether oxygens (including phenoxy) is 1. The Bertz CT molecular complexity index is 153. The predicted molar refractivity (Wildman–Crippen MR) is 65.2 cm³/mol. The second-order valence-electron chi connectivity index (χ2n) is 4.79. The molecule has 0 aromatic carbocycles. The van der Waals surface area contributed by atoms with Crippen molar-refractivity contribution in [3.63, 3.8) is 0 Å². The Morgan fingerprint density at radius 3 is 2.40 bits per heavy atom. The molecule has 0 aliphatic carbocycles. The summed E-state index contributed by atoms with van der Waals surface area (Å²) in [5.74, 6) is 0.811. The SMILES string of the molecule is CCCC(CC)N1CCC(COC)CC1. The highest BCUT2D eigenvalue weighted by molar-refractivity contribution is 4.77. The van der Waals surface area contributed by atoms with Gasteiger partial charge < -0.3 is 9.64 Å². The van der Waals surface area contributed by atoms with Crippen molar-refractivity contribution in [3.8, 4) is 0 Å². The van der Waals surface area contributed by atoms with Gasteiger partial charge in [0, 0.05) is 19.8 Å². The fraction of sp³-hybridized carbons (Fsp3) is 1.00. The van der Waals surface area contributed by atoms with E-state index in [0.717, 1.165) is 18.6 Å². The average Bonchev–Trinajstić information content (AvgIpc) is 2.28. The van der Waals surface area contributed by atoms with Gasteiger partial charge in [-0.15, -0.1) is 0 Å². The molecule has 0 amide bonds. The molecule has 1 heterocycles. The van der Waals surface area contributed by atoms with Gasteiger partial charge in [-0.1, -0.05) is 20.3 Å². The Kier molecular flexibility index (Phi) is 6.26. The Morgan fingerprint density at radius 1 is 1.27 bits per heavy atom. The molecule has 2 nitrogen and oxygen atoms in total. The van der Waals surface area contributed by atoms with Gasteiger partial charge in [0.2, 0.25) is 0 Å². The molecule has 1 aliphatic heterocycles. The zero-order valence-electron chi connectivity index (χ0n) is 10.7. The molecule has 1 atom stereocenters. The summed E-state index contributed by atoms with van der Waals surface area (Å²) in [7, 11) is 1.82. The van der Waals surface area contributed by atoms with E-state index in [4.69, 9.17) is 4.74 Å². The molecule has 15 heavy (non-hydrogen) atoms. The number of nitrogens with zero attached hydrogens (tertiary/aromatic N) is 1. The van der Waals surface area contributed by atoms with Gasteiger partial charge in [0.15, 0.2) is 0 Å². The molecular weight excluding hydrogens is 186 g/mol. The first-order valence-corrected chi connectivity index (χ1v) is 6.54. The topological polar surface area (TPSA) is 12.5 Å².